The molecule has 0 radical (unpaired) electrons. The highest BCUT2D eigenvalue weighted by atomic mass is 19.4. The second-order valence-corrected chi connectivity index (χ2v) is 8.75. The molecule has 1 saturated heterocycles. The Bertz CT molecular complexity index is 1100. The lowest BCUT2D eigenvalue weighted by Gasteiger charge is -2.24. The molecular formula is C24H27F4N3O3. The molecule has 2 aromatic rings. The van der Waals surface area contributed by atoms with Crippen molar-refractivity contribution in [3.05, 3.63) is 58.2 Å². The first-order chi connectivity index (χ1) is 16.1. The topological polar surface area (TPSA) is 63.6 Å². The predicted octanol–water partition coefficient (Wildman–Crippen LogP) is 4.68. The Morgan fingerprint density at radius 2 is 2.00 bits per heavy atom. The van der Waals surface area contributed by atoms with Crippen LogP contribution in [0.4, 0.5) is 17.6 Å². The molecule has 1 aromatic heterocycles. The Morgan fingerprint density at radius 1 is 1.24 bits per heavy atom. The fourth-order valence-corrected chi connectivity index (χ4v) is 4.70. The van der Waals surface area contributed by atoms with E-state index < -0.39 is 29.5 Å². The molecule has 34 heavy (non-hydrogen) atoms. The van der Waals surface area contributed by atoms with Gasteiger partial charge in [-0.2, -0.15) is 13.2 Å². The number of carbonyl (C=O) groups is 2. The first kappa shape index (κ1) is 24.3. The van der Waals surface area contributed by atoms with Crippen molar-refractivity contribution in [1.82, 2.24) is 14.8 Å². The Kier molecular flexibility index (Phi) is 6.71. The first-order valence-corrected chi connectivity index (χ1v) is 11.4. The number of benzene rings is 1. The number of carbonyl (C=O) groups excluding carboxylic acids is 2. The second-order valence-electron chi connectivity index (χ2n) is 8.75. The smallest absolute Gasteiger partial charge is 0.373 e. The zero-order valence-electron chi connectivity index (χ0n) is 19.0. The second kappa shape index (κ2) is 9.40. The Hall–Kier alpha value is -2.88. The molecule has 2 atom stereocenters. The number of hydrogen-bond donors (Lipinski definition) is 1. The summed E-state index contributed by atoms with van der Waals surface area (Å²) in [4.78, 5) is 28.2. The van der Waals surface area contributed by atoms with E-state index in [1.54, 1.807) is 22.5 Å². The van der Waals surface area contributed by atoms with Gasteiger partial charge in [-0.3, -0.25) is 9.59 Å². The average molecular weight is 481 g/mol. The van der Waals surface area contributed by atoms with Crippen LogP contribution < -0.4 is 5.32 Å². The lowest BCUT2D eigenvalue weighted by Crippen LogP contribution is -2.35. The Morgan fingerprint density at radius 3 is 2.62 bits per heavy atom. The highest BCUT2D eigenvalue weighted by molar-refractivity contribution is 6.01. The molecular weight excluding hydrogens is 454 g/mol. The van der Waals surface area contributed by atoms with E-state index >= 15 is 0 Å². The van der Waals surface area contributed by atoms with E-state index in [1.807, 2.05) is 6.92 Å². The van der Waals surface area contributed by atoms with Crippen molar-refractivity contribution in [3.63, 3.8) is 0 Å². The van der Waals surface area contributed by atoms with Crippen molar-refractivity contribution in [2.24, 2.45) is 0 Å². The van der Waals surface area contributed by atoms with Gasteiger partial charge in [-0.1, -0.05) is 13.0 Å². The van der Waals surface area contributed by atoms with Gasteiger partial charge in [0.05, 0.1) is 36.1 Å². The zero-order chi connectivity index (χ0) is 24.6. The summed E-state index contributed by atoms with van der Waals surface area (Å²) in [6.07, 6.45) is -2.55. The number of nitrogens with one attached hydrogen (secondary N) is 1. The number of nitrogens with zero attached hydrogens (tertiary/aromatic N) is 2. The Balaban J connectivity index is 1.61. The standard InChI is InChI=1S/C24H27F4N3O3/c1-3-19(16-7-6-15(11-18(16)25)24(26,27)28)29-22(32)17-12-20(31-9-10-34-13-21(17)31)23(33)30-8-4-5-14(30)2/h6-7,11-12,14,19H,3-5,8-10,13H2,1-2H3,(H,29,32)/t14-,19+/m0/s1. The van der Waals surface area contributed by atoms with Crippen molar-refractivity contribution >= 4 is 11.8 Å². The van der Waals surface area contributed by atoms with Crippen molar-refractivity contribution in [2.75, 3.05) is 13.2 Å². The number of amides is 2. The molecule has 0 spiro atoms. The molecule has 0 saturated carbocycles. The summed E-state index contributed by atoms with van der Waals surface area (Å²) in [6.45, 7) is 5.33. The minimum atomic E-state index is -4.66. The highest BCUT2D eigenvalue weighted by Crippen LogP contribution is 2.32. The molecule has 4 rings (SSSR count). The van der Waals surface area contributed by atoms with E-state index in [4.69, 9.17) is 4.74 Å². The molecule has 3 heterocycles. The fourth-order valence-electron chi connectivity index (χ4n) is 4.70. The number of fused-ring (bicyclic) bond motifs is 1. The minimum Gasteiger partial charge on any atom is -0.373 e. The number of ether oxygens (including phenoxy) is 1. The molecule has 2 aliphatic rings. The molecule has 1 N–H and O–H groups in total. The number of aromatic nitrogens is 1. The van der Waals surface area contributed by atoms with Crippen molar-refractivity contribution in [2.45, 2.75) is 64.5 Å². The van der Waals surface area contributed by atoms with Crippen molar-refractivity contribution in [3.8, 4) is 0 Å². The van der Waals surface area contributed by atoms with Gasteiger partial charge in [-0.25, -0.2) is 4.39 Å². The SMILES string of the molecule is CC[C@@H](NC(=O)c1cc(C(=O)N2CCC[C@@H]2C)n2c1COCC2)c1ccc(C(F)(F)F)cc1F. The number of hydrogen-bond acceptors (Lipinski definition) is 3. The zero-order valence-corrected chi connectivity index (χ0v) is 19.0. The third-order valence-corrected chi connectivity index (χ3v) is 6.60. The van der Waals surface area contributed by atoms with Crippen LogP contribution >= 0.6 is 0 Å². The lowest BCUT2D eigenvalue weighted by molar-refractivity contribution is -0.137. The quantitative estimate of drug-likeness (QED) is 0.631. The van der Waals surface area contributed by atoms with Crippen molar-refractivity contribution < 1.29 is 31.9 Å². The van der Waals surface area contributed by atoms with Crippen LogP contribution in [0.1, 0.15) is 76.8 Å². The first-order valence-electron chi connectivity index (χ1n) is 11.4. The summed E-state index contributed by atoms with van der Waals surface area (Å²) in [5.41, 5.74) is 0.0940. The van der Waals surface area contributed by atoms with Gasteiger partial charge in [0.25, 0.3) is 11.8 Å². The van der Waals surface area contributed by atoms with E-state index in [1.165, 1.54) is 0 Å². The van der Waals surface area contributed by atoms with Gasteiger partial charge in [-0.15, -0.1) is 0 Å². The monoisotopic (exact) mass is 481 g/mol. The molecule has 0 aliphatic carbocycles. The van der Waals surface area contributed by atoms with Crippen LogP contribution in [-0.4, -0.2) is 40.5 Å². The van der Waals surface area contributed by atoms with E-state index in [9.17, 15) is 27.2 Å². The predicted molar refractivity (Wildman–Crippen MR) is 116 cm³/mol. The third-order valence-electron chi connectivity index (χ3n) is 6.60. The number of halogens is 4. The third kappa shape index (κ3) is 4.55. The van der Waals surface area contributed by atoms with E-state index in [0.29, 0.717) is 37.2 Å². The highest BCUT2D eigenvalue weighted by Gasteiger charge is 2.34. The average Bonchev–Trinajstić information content (AvgIpc) is 3.40. The van der Waals surface area contributed by atoms with E-state index in [-0.39, 0.29) is 36.1 Å². The summed E-state index contributed by atoms with van der Waals surface area (Å²) < 4.78 is 60.5. The lowest BCUT2D eigenvalue weighted by atomic mass is 10.0. The van der Waals surface area contributed by atoms with Gasteiger partial charge >= 0.3 is 6.18 Å². The van der Waals surface area contributed by atoms with Gasteiger partial charge in [-0.05, 0) is 44.4 Å². The summed E-state index contributed by atoms with van der Waals surface area (Å²) >= 11 is 0. The van der Waals surface area contributed by atoms with Crippen LogP contribution in [0.5, 0.6) is 0 Å². The Labute approximate surface area is 194 Å². The van der Waals surface area contributed by atoms with Gasteiger partial charge in [0.2, 0.25) is 0 Å². The molecule has 1 fully saturated rings. The maximum Gasteiger partial charge on any atom is 0.416 e. The minimum absolute atomic E-state index is 0.0321. The van der Waals surface area contributed by atoms with Crippen LogP contribution in [0.25, 0.3) is 0 Å². The van der Waals surface area contributed by atoms with Crippen LogP contribution in [0.15, 0.2) is 24.3 Å². The normalized spacial score (nSPS) is 19.1. The number of rotatable bonds is 5. The summed E-state index contributed by atoms with van der Waals surface area (Å²) in [7, 11) is 0. The van der Waals surface area contributed by atoms with Crippen LogP contribution in [0, 0.1) is 5.82 Å². The molecule has 10 heteroatoms. The molecule has 2 aliphatic heterocycles. The van der Waals surface area contributed by atoms with Gasteiger partial charge in [0.15, 0.2) is 0 Å². The van der Waals surface area contributed by atoms with Gasteiger partial charge < -0.3 is 19.5 Å². The van der Waals surface area contributed by atoms with E-state index in [0.717, 1.165) is 25.0 Å². The maximum atomic E-state index is 14.5. The fraction of sp³-hybridized carbons (Fsp3) is 0.500. The van der Waals surface area contributed by atoms with Crippen LogP contribution in [0.3, 0.4) is 0 Å². The number of alkyl halides is 3. The molecule has 184 valence electrons. The molecule has 6 nitrogen and oxygen atoms in total. The van der Waals surface area contributed by atoms with Gasteiger partial charge in [0.1, 0.15) is 11.5 Å². The summed E-state index contributed by atoms with van der Waals surface area (Å²) in [6, 6.07) is 3.11. The van der Waals surface area contributed by atoms with Crippen molar-refractivity contribution in [1.29, 1.82) is 0 Å². The summed E-state index contributed by atoms with van der Waals surface area (Å²) in [5.74, 6) is -1.72. The molecule has 2 amide bonds. The molecule has 1 aromatic carbocycles. The van der Waals surface area contributed by atoms with Crippen LogP contribution in [-0.2, 0) is 24.1 Å². The molecule has 0 bridgehead atoms. The van der Waals surface area contributed by atoms with E-state index in [2.05, 4.69) is 5.32 Å². The largest absolute Gasteiger partial charge is 0.416 e. The maximum absolute atomic E-state index is 14.5. The van der Waals surface area contributed by atoms with Crippen LogP contribution in [0.2, 0.25) is 0 Å². The number of likely N-dealkylation sites (tertiary alicyclic amines) is 1. The summed E-state index contributed by atoms with van der Waals surface area (Å²) in [5, 5.41) is 2.73. The van der Waals surface area contributed by atoms with Gasteiger partial charge in [0, 0.05) is 24.7 Å². The molecule has 0 unspecified atom stereocenters.